The zero-order valence-corrected chi connectivity index (χ0v) is 18.3. The van der Waals surface area contributed by atoms with Gasteiger partial charge in [0.25, 0.3) is 5.91 Å². The van der Waals surface area contributed by atoms with Crippen LogP contribution in [0.3, 0.4) is 0 Å². The van der Waals surface area contributed by atoms with E-state index in [2.05, 4.69) is 5.32 Å². The molecule has 2 aromatic rings. The van der Waals surface area contributed by atoms with Crippen LogP contribution < -0.4 is 19.1 Å². The van der Waals surface area contributed by atoms with Gasteiger partial charge in [-0.05, 0) is 48.9 Å². The molecule has 1 N–H and O–H groups in total. The van der Waals surface area contributed by atoms with Crippen LogP contribution in [0.25, 0.3) is 0 Å². The summed E-state index contributed by atoms with van der Waals surface area (Å²) in [6.45, 7) is 1.87. The topological polar surface area (TPSA) is 88.2 Å². The summed E-state index contributed by atoms with van der Waals surface area (Å²) in [5.74, 6) is 0.930. The zero-order chi connectivity index (χ0) is 21.8. The first-order chi connectivity index (χ1) is 13.6. The van der Waals surface area contributed by atoms with Gasteiger partial charge in [0, 0.05) is 26.7 Å². The largest absolute Gasteiger partial charge is 0.493 e. The Labute approximate surface area is 172 Å². The van der Waals surface area contributed by atoms with Gasteiger partial charge in [-0.15, -0.1) is 0 Å². The van der Waals surface area contributed by atoms with Crippen LogP contribution in [-0.4, -0.2) is 54.0 Å². The highest BCUT2D eigenvalue weighted by Gasteiger charge is 2.21. The van der Waals surface area contributed by atoms with E-state index in [4.69, 9.17) is 9.47 Å². The van der Waals surface area contributed by atoms with Crippen molar-refractivity contribution in [2.24, 2.45) is 0 Å². The summed E-state index contributed by atoms with van der Waals surface area (Å²) < 4.78 is 37.2. The lowest BCUT2D eigenvalue weighted by Gasteiger charge is -2.23. The van der Waals surface area contributed by atoms with E-state index in [1.807, 2.05) is 19.1 Å². The fourth-order valence-electron chi connectivity index (χ4n) is 2.69. The van der Waals surface area contributed by atoms with Crippen molar-refractivity contribution in [2.45, 2.75) is 13.0 Å². The molecule has 0 heterocycles. The van der Waals surface area contributed by atoms with Crippen molar-refractivity contribution in [3.63, 3.8) is 0 Å². The molecule has 0 aliphatic rings. The van der Waals surface area contributed by atoms with Crippen molar-refractivity contribution in [3.8, 4) is 11.5 Å². The molecule has 0 aromatic heterocycles. The highest BCUT2D eigenvalue weighted by Crippen LogP contribution is 2.30. The van der Waals surface area contributed by atoms with Gasteiger partial charge in [-0.25, -0.2) is 0 Å². The number of carbonyl (C=O) groups is 1. The molecule has 0 saturated carbocycles. The summed E-state index contributed by atoms with van der Waals surface area (Å²) in [6, 6.07) is 11.6. The number of hydrogen-bond donors (Lipinski definition) is 1. The molecule has 0 aliphatic carbocycles. The van der Waals surface area contributed by atoms with Crippen LogP contribution in [0.4, 0.5) is 5.69 Å². The standard InChI is InChI=1S/C20H27N3O5S/c1-14(16-9-12-18(27-5)19(13-16)28-6)21-20(24)15-7-10-17(11-8-15)23(4)29(25,26)22(2)3/h7-14H,1-6H3,(H,21,24)/t14-/m1/s1. The number of nitrogens with zero attached hydrogens (tertiary/aromatic N) is 2. The second-order valence-corrected chi connectivity index (χ2v) is 8.79. The van der Waals surface area contributed by atoms with Gasteiger partial charge < -0.3 is 14.8 Å². The lowest BCUT2D eigenvalue weighted by atomic mass is 10.1. The van der Waals surface area contributed by atoms with Crippen LogP contribution in [0.15, 0.2) is 42.5 Å². The molecule has 2 rings (SSSR count). The van der Waals surface area contributed by atoms with E-state index in [0.717, 1.165) is 14.2 Å². The minimum absolute atomic E-state index is 0.265. The van der Waals surface area contributed by atoms with Gasteiger partial charge in [0.2, 0.25) is 0 Å². The van der Waals surface area contributed by atoms with Crippen molar-refractivity contribution in [1.82, 2.24) is 9.62 Å². The fraction of sp³-hybridized carbons (Fsp3) is 0.350. The first-order valence-corrected chi connectivity index (χ1v) is 10.3. The van der Waals surface area contributed by atoms with Gasteiger partial charge >= 0.3 is 10.2 Å². The minimum atomic E-state index is -3.59. The van der Waals surface area contributed by atoms with Crippen LogP contribution in [0.5, 0.6) is 11.5 Å². The molecule has 2 aromatic carbocycles. The molecule has 0 aliphatic heterocycles. The van der Waals surface area contributed by atoms with Gasteiger partial charge in [0.15, 0.2) is 11.5 Å². The highest BCUT2D eigenvalue weighted by molar-refractivity contribution is 7.90. The van der Waals surface area contributed by atoms with Crippen molar-refractivity contribution < 1.29 is 22.7 Å². The van der Waals surface area contributed by atoms with E-state index >= 15 is 0 Å². The van der Waals surface area contributed by atoms with Gasteiger partial charge in [-0.2, -0.15) is 12.7 Å². The summed E-state index contributed by atoms with van der Waals surface area (Å²) >= 11 is 0. The number of rotatable bonds is 8. The average Bonchev–Trinajstić information content (AvgIpc) is 2.72. The molecule has 9 heteroatoms. The Hall–Kier alpha value is -2.78. The summed E-state index contributed by atoms with van der Waals surface area (Å²) in [5.41, 5.74) is 1.75. The number of ether oxygens (including phenoxy) is 2. The third kappa shape index (κ3) is 4.99. The Morgan fingerprint density at radius 1 is 0.966 bits per heavy atom. The predicted molar refractivity (Wildman–Crippen MR) is 113 cm³/mol. The molecule has 0 bridgehead atoms. The van der Waals surface area contributed by atoms with Crippen LogP contribution >= 0.6 is 0 Å². The van der Waals surface area contributed by atoms with Gasteiger partial charge in [0.1, 0.15) is 0 Å². The molecule has 1 amide bonds. The van der Waals surface area contributed by atoms with Crippen LogP contribution in [0.1, 0.15) is 28.9 Å². The first-order valence-electron chi connectivity index (χ1n) is 8.91. The molecule has 158 valence electrons. The minimum Gasteiger partial charge on any atom is -0.493 e. The Morgan fingerprint density at radius 3 is 2.07 bits per heavy atom. The summed E-state index contributed by atoms with van der Waals surface area (Å²) in [5, 5.41) is 2.92. The zero-order valence-electron chi connectivity index (χ0n) is 17.5. The molecule has 29 heavy (non-hydrogen) atoms. The molecule has 1 atom stereocenters. The quantitative estimate of drug-likeness (QED) is 0.707. The van der Waals surface area contributed by atoms with E-state index in [1.54, 1.807) is 44.6 Å². The van der Waals surface area contributed by atoms with E-state index < -0.39 is 10.2 Å². The fourth-order valence-corrected chi connectivity index (χ4v) is 3.56. The van der Waals surface area contributed by atoms with Gasteiger partial charge in [-0.1, -0.05) is 6.07 Å². The maximum absolute atomic E-state index is 12.6. The number of nitrogens with one attached hydrogen (secondary N) is 1. The van der Waals surface area contributed by atoms with Crippen LogP contribution in [0, 0.1) is 0 Å². The van der Waals surface area contributed by atoms with Crippen molar-refractivity contribution in [3.05, 3.63) is 53.6 Å². The lowest BCUT2D eigenvalue weighted by molar-refractivity contribution is 0.0940. The smallest absolute Gasteiger partial charge is 0.303 e. The molecule has 0 spiro atoms. The lowest BCUT2D eigenvalue weighted by Crippen LogP contribution is -2.37. The monoisotopic (exact) mass is 421 g/mol. The first kappa shape index (κ1) is 22.5. The molecule has 0 radical (unpaired) electrons. The second kappa shape index (κ2) is 9.15. The van der Waals surface area contributed by atoms with E-state index in [-0.39, 0.29) is 11.9 Å². The summed E-state index contributed by atoms with van der Waals surface area (Å²) in [6.07, 6.45) is 0. The Kier molecular flexibility index (Phi) is 7.10. The maximum Gasteiger partial charge on any atom is 0.303 e. The van der Waals surface area contributed by atoms with Crippen LogP contribution in [0.2, 0.25) is 0 Å². The molecule has 0 fully saturated rings. The number of benzene rings is 2. The van der Waals surface area contributed by atoms with Crippen molar-refractivity contribution in [1.29, 1.82) is 0 Å². The summed E-state index contributed by atoms with van der Waals surface area (Å²) in [4.78, 5) is 12.6. The van der Waals surface area contributed by atoms with E-state index in [9.17, 15) is 13.2 Å². The van der Waals surface area contributed by atoms with Crippen LogP contribution in [-0.2, 0) is 10.2 Å². The molecule has 8 nitrogen and oxygen atoms in total. The maximum atomic E-state index is 12.6. The molecule has 0 saturated heterocycles. The third-order valence-electron chi connectivity index (χ3n) is 4.56. The van der Waals surface area contributed by atoms with Crippen molar-refractivity contribution in [2.75, 3.05) is 39.7 Å². The Morgan fingerprint density at radius 2 is 1.55 bits per heavy atom. The number of anilines is 1. The Bertz CT molecular complexity index is 959. The highest BCUT2D eigenvalue weighted by atomic mass is 32.2. The van der Waals surface area contributed by atoms with E-state index in [0.29, 0.717) is 22.7 Å². The SMILES string of the molecule is COc1ccc([C@@H](C)NC(=O)c2ccc(N(C)S(=O)(=O)N(C)C)cc2)cc1OC. The van der Waals surface area contributed by atoms with E-state index in [1.165, 1.54) is 21.1 Å². The average molecular weight is 422 g/mol. The number of hydrogen-bond acceptors (Lipinski definition) is 5. The third-order valence-corrected chi connectivity index (χ3v) is 6.38. The van der Waals surface area contributed by atoms with Crippen molar-refractivity contribution >= 4 is 21.8 Å². The summed E-state index contributed by atoms with van der Waals surface area (Å²) in [7, 11) is 3.92. The van der Waals surface area contributed by atoms with Gasteiger partial charge in [-0.3, -0.25) is 9.10 Å². The molecular weight excluding hydrogens is 394 g/mol. The Balaban J connectivity index is 2.13. The predicted octanol–water partition coefficient (Wildman–Crippen LogP) is 2.44. The molecule has 0 unspecified atom stereocenters. The number of carbonyl (C=O) groups excluding carboxylic acids is 1. The second-order valence-electron chi connectivity index (χ2n) is 6.61. The van der Waals surface area contributed by atoms with Gasteiger partial charge in [0.05, 0.1) is 25.9 Å². The normalized spacial score (nSPS) is 12.4. The number of methoxy groups -OCH3 is 2. The molecular formula is C20H27N3O5S. The number of amides is 1.